The lowest BCUT2D eigenvalue weighted by atomic mass is 9.87. The number of nitrogens with zero attached hydrogens (tertiary/aromatic N) is 3. The average molecular weight is 422 g/mol. The van der Waals surface area contributed by atoms with Crippen molar-refractivity contribution in [3.63, 3.8) is 0 Å². The van der Waals surface area contributed by atoms with E-state index in [-0.39, 0.29) is 17.2 Å². The normalized spacial score (nSPS) is 16.6. The minimum atomic E-state index is -0.421. The Kier molecular flexibility index (Phi) is 6.12. The maximum atomic E-state index is 13.0. The summed E-state index contributed by atoms with van der Waals surface area (Å²) in [5.41, 5.74) is 4.59. The maximum absolute atomic E-state index is 13.0. The van der Waals surface area contributed by atoms with Gasteiger partial charge in [0, 0.05) is 24.0 Å². The van der Waals surface area contributed by atoms with Gasteiger partial charge in [0.1, 0.15) is 0 Å². The van der Waals surface area contributed by atoms with E-state index in [0.717, 1.165) is 43.6 Å². The van der Waals surface area contributed by atoms with E-state index in [0.29, 0.717) is 23.3 Å². The van der Waals surface area contributed by atoms with Gasteiger partial charge in [0.15, 0.2) is 11.4 Å². The Morgan fingerprint density at radius 2 is 1.77 bits per heavy atom. The molecule has 4 rings (SSSR count). The largest absolute Gasteiger partial charge is 0.504 e. The van der Waals surface area contributed by atoms with Gasteiger partial charge in [0.2, 0.25) is 0 Å². The van der Waals surface area contributed by atoms with Gasteiger partial charge in [-0.3, -0.25) is 9.20 Å². The fourth-order valence-electron chi connectivity index (χ4n) is 4.58. The zero-order chi connectivity index (χ0) is 22.1. The number of hydrogen-bond donors (Lipinski definition) is 2. The Morgan fingerprint density at radius 3 is 2.45 bits per heavy atom. The van der Waals surface area contributed by atoms with Crippen LogP contribution in [-0.2, 0) is 6.42 Å². The van der Waals surface area contributed by atoms with Gasteiger partial charge in [-0.1, -0.05) is 29.8 Å². The summed E-state index contributed by atoms with van der Waals surface area (Å²) in [6.45, 7) is 8.34. The molecule has 1 atom stereocenters. The van der Waals surface area contributed by atoms with Crippen molar-refractivity contribution >= 4 is 5.65 Å². The predicted molar refractivity (Wildman–Crippen MR) is 122 cm³/mol. The third kappa shape index (κ3) is 4.50. The second-order valence-corrected chi connectivity index (χ2v) is 8.86. The molecule has 0 radical (unpaired) electrons. The molecule has 6 heteroatoms. The van der Waals surface area contributed by atoms with Gasteiger partial charge < -0.3 is 15.1 Å². The van der Waals surface area contributed by atoms with Gasteiger partial charge in [0.25, 0.3) is 5.56 Å². The van der Waals surface area contributed by atoms with Gasteiger partial charge in [-0.05, 0) is 76.2 Å². The molecule has 31 heavy (non-hydrogen) atoms. The van der Waals surface area contributed by atoms with E-state index in [1.54, 1.807) is 12.3 Å². The molecule has 0 spiro atoms. The number of fused-ring (bicyclic) bond motifs is 1. The van der Waals surface area contributed by atoms with Gasteiger partial charge >= 0.3 is 0 Å². The molecule has 1 saturated heterocycles. The van der Waals surface area contributed by atoms with Crippen molar-refractivity contribution in [2.45, 2.75) is 46.1 Å². The van der Waals surface area contributed by atoms with Crippen LogP contribution in [-0.4, -0.2) is 44.1 Å². The lowest BCUT2D eigenvalue weighted by Gasteiger charge is -2.34. The van der Waals surface area contributed by atoms with Crippen molar-refractivity contribution in [3.05, 3.63) is 74.8 Å². The van der Waals surface area contributed by atoms with Crippen molar-refractivity contribution in [2.75, 3.05) is 19.6 Å². The molecular formula is C25H31N3O3. The third-order valence-corrected chi connectivity index (χ3v) is 6.52. The van der Waals surface area contributed by atoms with Crippen LogP contribution < -0.4 is 5.56 Å². The standard InChI is InChI=1S/C25H31N3O3/c1-16-4-6-19(7-5-16)23(30)20-8-11-27(12-9-20)13-10-21-18(3)26-24-22(29)14-17(2)15-28(24)25(21)31/h4-7,14-15,20,23,29-30H,8-13H2,1-3H3/t23-/m1/s1. The van der Waals surface area contributed by atoms with Crippen molar-refractivity contribution in [3.8, 4) is 5.75 Å². The Balaban J connectivity index is 1.40. The van der Waals surface area contributed by atoms with E-state index >= 15 is 0 Å². The SMILES string of the molecule is Cc1ccc([C@@H](O)C2CCN(CCc3c(C)nc4c(O)cc(C)cn4c3=O)CC2)cc1. The first-order valence-corrected chi connectivity index (χ1v) is 11.0. The van der Waals surface area contributed by atoms with Crippen LogP contribution in [0.5, 0.6) is 5.75 Å². The summed E-state index contributed by atoms with van der Waals surface area (Å²) < 4.78 is 1.46. The van der Waals surface area contributed by atoms with Crippen molar-refractivity contribution < 1.29 is 10.2 Å². The molecule has 0 amide bonds. The molecule has 0 saturated carbocycles. The first-order valence-electron chi connectivity index (χ1n) is 11.0. The molecule has 0 unspecified atom stereocenters. The number of benzene rings is 1. The van der Waals surface area contributed by atoms with E-state index in [4.69, 9.17) is 0 Å². The highest BCUT2D eigenvalue weighted by atomic mass is 16.3. The van der Waals surface area contributed by atoms with Crippen LogP contribution >= 0.6 is 0 Å². The van der Waals surface area contributed by atoms with E-state index in [2.05, 4.69) is 16.8 Å². The van der Waals surface area contributed by atoms with E-state index in [9.17, 15) is 15.0 Å². The quantitative estimate of drug-likeness (QED) is 0.661. The monoisotopic (exact) mass is 421 g/mol. The highest BCUT2D eigenvalue weighted by molar-refractivity contribution is 5.54. The summed E-state index contributed by atoms with van der Waals surface area (Å²) in [4.78, 5) is 19.8. The lowest BCUT2D eigenvalue weighted by molar-refractivity contribution is 0.0592. The number of likely N-dealkylation sites (tertiary alicyclic amines) is 1. The fourth-order valence-corrected chi connectivity index (χ4v) is 4.58. The predicted octanol–water partition coefficient (Wildman–Crippen LogP) is 3.31. The molecule has 3 heterocycles. The number of pyridine rings is 1. The minimum absolute atomic E-state index is 0.0287. The van der Waals surface area contributed by atoms with E-state index in [1.165, 1.54) is 9.96 Å². The summed E-state index contributed by atoms with van der Waals surface area (Å²) in [6.07, 6.45) is 3.81. The second kappa shape index (κ2) is 8.81. The molecule has 2 N–H and O–H groups in total. The second-order valence-electron chi connectivity index (χ2n) is 8.86. The Labute approximate surface area is 182 Å². The van der Waals surface area contributed by atoms with Gasteiger partial charge in [0.05, 0.1) is 6.10 Å². The number of aliphatic hydroxyl groups excluding tert-OH is 1. The molecule has 164 valence electrons. The average Bonchev–Trinajstić information content (AvgIpc) is 2.75. The summed E-state index contributed by atoms with van der Waals surface area (Å²) in [6, 6.07) is 9.76. The Bertz CT molecular complexity index is 1130. The van der Waals surface area contributed by atoms with Crippen LogP contribution in [0, 0.1) is 26.7 Å². The summed E-state index contributed by atoms with van der Waals surface area (Å²) in [5.74, 6) is 0.292. The Morgan fingerprint density at radius 1 is 1.10 bits per heavy atom. The minimum Gasteiger partial charge on any atom is -0.504 e. The molecular weight excluding hydrogens is 390 g/mol. The highest BCUT2D eigenvalue weighted by Gasteiger charge is 2.26. The maximum Gasteiger partial charge on any atom is 0.261 e. The number of rotatable bonds is 5. The van der Waals surface area contributed by atoms with Crippen LogP contribution in [0.4, 0.5) is 0 Å². The lowest BCUT2D eigenvalue weighted by Crippen LogP contribution is -2.37. The van der Waals surface area contributed by atoms with E-state index < -0.39 is 6.10 Å². The number of piperidine rings is 1. The van der Waals surface area contributed by atoms with Crippen molar-refractivity contribution in [1.82, 2.24) is 14.3 Å². The zero-order valence-corrected chi connectivity index (χ0v) is 18.5. The molecule has 1 aliphatic rings. The van der Waals surface area contributed by atoms with Gasteiger partial charge in [-0.2, -0.15) is 0 Å². The molecule has 6 nitrogen and oxygen atoms in total. The summed E-state index contributed by atoms with van der Waals surface area (Å²) >= 11 is 0. The zero-order valence-electron chi connectivity index (χ0n) is 18.5. The Hall–Kier alpha value is -2.70. The topological polar surface area (TPSA) is 78.1 Å². The van der Waals surface area contributed by atoms with Crippen LogP contribution in [0.3, 0.4) is 0 Å². The first kappa shape index (κ1) is 21.5. The summed E-state index contributed by atoms with van der Waals surface area (Å²) in [5, 5.41) is 20.9. The molecule has 3 aromatic rings. The number of aliphatic hydroxyl groups is 1. The van der Waals surface area contributed by atoms with Crippen molar-refractivity contribution in [2.24, 2.45) is 5.92 Å². The molecule has 1 aromatic carbocycles. The number of aromatic hydroxyl groups is 1. The van der Waals surface area contributed by atoms with Crippen LogP contribution in [0.25, 0.3) is 5.65 Å². The fraction of sp³-hybridized carbons (Fsp3) is 0.440. The number of hydrogen-bond acceptors (Lipinski definition) is 5. The molecule has 0 aliphatic carbocycles. The molecule has 2 aromatic heterocycles. The first-order chi connectivity index (χ1) is 14.8. The number of aromatic nitrogens is 2. The third-order valence-electron chi connectivity index (χ3n) is 6.52. The van der Waals surface area contributed by atoms with Crippen molar-refractivity contribution in [1.29, 1.82) is 0 Å². The molecule has 1 aliphatic heterocycles. The summed E-state index contributed by atoms with van der Waals surface area (Å²) in [7, 11) is 0. The van der Waals surface area contributed by atoms with E-state index in [1.807, 2.05) is 38.1 Å². The number of aryl methyl sites for hydroxylation is 3. The van der Waals surface area contributed by atoms with Crippen LogP contribution in [0.15, 0.2) is 41.3 Å². The van der Waals surface area contributed by atoms with Gasteiger partial charge in [-0.15, -0.1) is 0 Å². The molecule has 0 bridgehead atoms. The smallest absolute Gasteiger partial charge is 0.261 e. The highest BCUT2D eigenvalue weighted by Crippen LogP contribution is 2.31. The van der Waals surface area contributed by atoms with Gasteiger partial charge in [-0.25, -0.2) is 4.98 Å². The van der Waals surface area contributed by atoms with Crippen LogP contribution in [0.2, 0.25) is 0 Å². The molecule has 1 fully saturated rings. The van der Waals surface area contributed by atoms with Crippen LogP contribution in [0.1, 0.15) is 46.9 Å².